The predicted molar refractivity (Wildman–Crippen MR) is 94.8 cm³/mol. The zero-order chi connectivity index (χ0) is 14.9. The summed E-state index contributed by atoms with van der Waals surface area (Å²) in [5.74, 6) is 0.138. The molecule has 1 spiro atoms. The van der Waals surface area contributed by atoms with Gasteiger partial charge in [0.25, 0.3) is 5.91 Å². The minimum Gasteiger partial charge on any atom is -0.339 e. The summed E-state index contributed by atoms with van der Waals surface area (Å²) in [7, 11) is 0. The molecule has 4 heteroatoms. The smallest absolute Gasteiger partial charge is 0.253 e. The van der Waals surface area contributed by atoms with Gasteiger partial charge in [-0.1, -0.05) is 30.9 Å². The summed E-state index contributed by atoms with van der Waals surface area (Å²) in [4.78, 5) is 14.6. The minimum atomic E-state index is 0.138. The molecule has 1 aliphatic carbocycles. The topological polar surface area (TPSA) is 20.3 Å². The molecule has 1 aromatic rings. The molecule has 1 saturated carbocycles. The fourth-order valence-corrected chi connectivity index (χ4v) is 4.31. The van der Waals surface area contributed by atoms with E-state index in [1.54, 1.807) is 6.07 Å². The number of carbonyl (C=O) groups excluding carboxylic acids is 1. The lowest BCUT2D eigenvalue weighted by Gasteiger charge is -2.44. The molecule has 1 saturated heterocycles. The van der Waals surface area contributed by atoms with Crippen molar-refractivity contribution < 1.29 is 4.79 Å². The third-order valence-corrected chi connectivity index (χ3v) is 6.76. The molecule has 21 heavy (non-hydrogen) atoms. The van der Waals surface area contributed by atoms with Gasteiger partial charge in [0.2, 0.25) is 0 Å². The maximum atomic E-state index is 12.6. The van der Waals surface area contributed by atoms with E-state index in [2.05, 4.69) is 22.6 Å². The standard InChI is InChI=1S/C17H21ClINO/c18-14-12-13(4-5-15(14)19)16(21)20-10-8-17(9-11-20)6-2-1-3-7-17/h4-5,12H,1-3,6-11H2. The maximum absolute atomic E-state index is 12.6. The Kier molecular flexibility index (Phi) is 4.79. The van der Waals surface area contributed by atoms with Gasteiger partial charge in [0.1, 0.15) is 0 Å². The van der Waals surface area contributed by atoms with Crippen LogP contribution in [-0.2, 0) is 0 Å². The van der Waals surface area contributed by atoms with E-state index < -0.39 is 0 Å². The average Bonchev–Trinajstić information content (AvgIpc) is 2.51. The largest absolute Gasteiger partial charge is 0.339 e. The summed E-state index contributed by atoms with van der Waals surface area (Å²) in [5, 5.41) is 0.669. The number of nitrogens with zero attached hydrogens (tertiary/aromatic N) is 1. The highest BCUT2D eigenvalue weighted by molar-refractivity contribution is 14.1. The first-order valence-corrected chi connectivity index (χ1v) is 9.30. The van der Waals surface area contributed by atoms with Crippen molar-refractivity contribution in [3.63, 3.8) is 0 Å². The molecule has 0 unspecified atom stereocenters. The van der Waals surface area contributed by atoms with Crippen LogP contribution in [0, 0.1) is 8.99 Å². The number of piperidine rings is 1. The Hall–Kier alpha value is -0.290. The van der Waals surface area contributed by atoms with Gasteiger partial charge in [0.05, 0.1) is 5.02 Å². The first kappa shape index (κ1) is 15.6. The van der Waals surface area contributed by atoms with Gasteiger partial charge in [-0.3, -0.25) is 4.79 Å². The zero-order valence-electron chi connectivity index (χ0n) is 12.2. The van der Waals surface area contributed by atoms with Gasteiger partial charge in [-0.2, -0.15) is 0 Å². The Morgan fingerprint density at radius 3 is 2.38 bits per heavy atom. The van der Waals surface area contributed by atoms with Crippen molar-refractivity contribution in [1.29, 1.82) is 0 Å². The highest BCUT2D eigenvalue weighted by Crippen LogP contribution is 2.44. The van der Waals surface area contributed by atoms with Gasteiger partial charge >= 0.3 is 0 Å². The van der Waals surface area contributed by atoms with Gasteiger partial charge in [-0.15, -0.1) is 0 Å². The SMILES string of the molecule is O=C(c1ccc(I)c(Cl)c1)N1CCC2(CCCCC2)CC1. The van der Waals surface area contributed by atoms with Crippen molar-refractivity contribution in [3.05, 3.63) is 32.4 Å². The van der Waals surface area contributed by atoms with E-state index in [1.165, 1.54) is 44.9 Å². The van der Waals surface area contributed by atoms with Gasteiger partial charge in [-0.25, -0.2) is 0 Å². The van der Waals surface area contributed by atoms with Crippen molar-refractivity contribution >= 4 is 40.1 Å². The Balaban J connectivity index is 1.65. The Morgan fingerprint density at radius 1 is 1.10 bits per heavy atom. The number of benzene rings is 1. The molecule has 2 aliphatic rings. The average molecular weight is 418 g/mol. The molecule has 0 radical (unpaired) electrons. The predicted octanol–water partition coefficient (Wildman–Crippen LogP) is 5.13. The maximum Gasteiger partial charge on any atom is 0.253 e. The third kappa shape index (κ3) is 3.39. The first-order valence-electron chi connectivity index (χ1n) is 7.84. The van der Waals surface area contributed by atoms with Gasteiger partial charge in [0, 0.05) is 22.2 Å². The molecule has 1 aliphatic heterocycles. The number of hydrogen-bond acceptors (Lipinski definition) is 1. The monoisotopic (exact) mass is 417 g/mol. The summed E-state index contributed by atoms with van der Waals surface area (Å²) in [6.45, 7) is 1.81. The van der Waals surface area contributed by atoms with E-state index in [9.17, 15) is 4.79 Å². The van der Waals surface area contributed by atoms with Crippen LogP contribution in [0.25, 0.3) is 0 Å². The van der Waals surface area contributed by atoms with E-state index in [4.69, 9.17) is 11.6 Å². The summed E-state index contributed by atoms with van der Waals surface area (Å²) >= 11 is 8.32. The molecular weight excluding hydrogens is 397 g/mol. The molecule has 1 heterocycles. The second kappa shape index (κ2) is 6.45. The molecule has 0 atom stereocenters. The van der Waals surface area contributed by atoms with Crippen molar-refractivity contribution in [2.24, 2.45) is 5.41 Å². The fraction of sp³-hybridized carbons (Fsp3) is 0.588. The highest BCUT2D eigenvalue weighted by Gasteiger charge is 2.36. The van der Waals surface area contributed by atoms with Crippen LogP contribution in [0.5, 0.6) is 0 Å². The summed E-state index contributed by atoms with van der Waals surface area (Å²) in [6, 6.07) is 5.61. The Bertz CT molecular complexity index is 530. The number of carbonyl (C=O) groups is 1. The Labute approximate surface area is 145 Å². The lowest BCUT2D eigenvalue weighted by atomic mass is 9.68. The molecule has 0 bridgehead atoms. The number of halogens is 2. The van der Waals surface area contributed by atoms with Crippen LogP contribution in [0.2, 0.25) is 5.02 Å². The molecular formula is C17H21ClINO. The minimum absolute atomic E-state index is 0.138. The van der Waals surface area contributed by atoms with E-state index in [0.717, 1.165) is 22.2 Å². The van der Waals surface area contributed by atoms with Crippen LogP contribution >= 0.6 is 34.2 Å². The molecule has 2 nitrogen and oxygen atoms in total. The number of hydrogen-bond donors (Lipinski definition) is 0. The Morgan fingerprint density at radius 2 is 1.76 bits per heavy atom. The van der Waals surface area contributed by atoms with Gasteiger partial charge in [-0.05, 0) is 71.9 Å². The van der Waals surface area contributed by atoms with Crippen LogP contribution in [-0.4, -0.2) is 23.9 Å². The highest BCUT2D eigenvalue weighted by atomic mass is 127. The first-order chi connectivity index (χ1) is 10.1. The molecule has 1 amide bonds. The summed E-state index contributed by atoms with van der Waals surface area (Å²) < 4.78 is 0.991. The van der Waals surface area contributed by atoms with Crippen LogP contribution < -0.4 is 0 Å². The van der Waals surface area contributed by atoms with Gasteiger partial charge < -0.3 is 4.90 Å². The number of amides is 1. The van der Waals surface area contributed by atoms with Crippen LogP contribution in [0.3, 0.4) is 0 Å². The fourth-order valence-electron chi connectivity index (χ4n) is 3.80. The molecule has 3 rings (SSSR count). The van der Waals surface area contributed by atoms with Gasteiger partial charge in [0.15, 0.2) is 0 Å². The van der Waals surface area contributed by atoms with Crippen molar-refractivity contribution in [3.8, 4) is 0 Å². The van der Waals surface area contributed by atoms with Crippen LogP contribution in [0.15, 0.2) is 18.2 Å². The van der Waals surface area contributed by atoms with Crippen molar-refractivity contribution in [2.75, 3.05) is 13.1 Å². The molecule has 1 aromatic carbocycles. The number of rotatable bonds is 1. The quantitative estimate of drug-likeness (QED) is 0.580. The van der Waals surface area contributed by atoms with E-state index >= 15 is 0 Å². The summed E-state index contributed by atoms with van der Waals surface area (Å²) in [5.41, 5.74) is 1.26. The van der Waals surface area contributed by atoms with E-state index in [-0.39, 0.29) is 5.91 Å². The van der Waals surface area contributed by atoms with Crippen molar-refractivity contribution in [1.82, 2.24) is 4.90 Å². The second-order valence-electron chi connectivity index (χ2n) is 6.48. The van der Waals surface area contributed by atoms with Crippen LogP contribution in [0.1, 0.15) is 55.3 Å². The molecule has 114 valence electrons. The van der Waals surface area contributed by atoms with Crippen molar-refractivity contribution in [2.45, 2.75) is 44.9 Å². The van der Waals surface area contributed by atoms with E-state index in [0.29, 0.717) is 10.4 Å². The molecule has 0 aromatic heterocycles. The number of likely N-dealkylation sites (tertiary alicyclic amines) is 1. The normalized spacial score (nSPS) is 21.5. The van der Waals surface area contributed by atoms with E-state index in [1.807, 2.05) is 17.0 Å². The third-order valence-electron chi connectivity index (χ3n) is 5.19. The summed E-state index contributed by atoms with van der Waals surface area (Å²) in [6.07, 6.45) is 9.23. The molecule has 0 N–H and O–H groups in total. The lowest BCUT2D eigenvalue weighted by molar-refractivity contribution is 0.0472. The lowest BCUT2D eigenvalue weighted by Crippen LogP contribution is -2.43. The molecule has 2 fully saturated rings. The zero-order valence-corrected chi connectivity index (χ0v) is 15.1. The van der Waals surface area contributed by atoms with Crippen LogP contribution in [0.4, 0.5) is 0 Å². The second-order valence-corrected chi connectivity index (χ2v) is 8.05.